The number of hydrogen-bond donors (Lipinski definition) is 0. The highest BCUT2D eigenvalue weighted by molar-refractivity contribution is 6.57. The Bertz CT molecular complexity index is 151. The molecular formula is C7H13Cl2NO. The second-order valence-corrected chi connectivity index (χ2v) is 4.60. The Morgan fingerprint density at radius 3 is 1.91 bits per heavy atom. The standard InChI is InChI=1S/C7H13Cl2NO/c1-5(2)10(4)6(11)7(3,8)9/h5H,1-4H3. The predicted octanol–water partition coefficient (Wildman–Crippen LogP) is 2.05. The van der Waals surface area contributed by atoms with Gasteiger partial charge in [0.15, 0.2) is 4.33 Å². The number of hydrogen-bond acceptors (Lipinski definition) is 1. The molecule has 0 unspecified atom stereocenters. The van der Waals surface area contributed by atoms with Gasteiger partial charge in [-0.15, -0.1) is 0 Å². The Morgan fingerprint density at radius 2 is 1.82 bits per heavy atom. The van der Waals surface area contributed by atoms with Crippen molar-refractivity contribution in [2.24, 2.45) is 0 Å². The third-order valence-corrected chi connectivity index (χ3v) is 1.79. The van der Waals surface area contributed by atoms with Crippen LogP contribution in [0.2, 0.25) is 0 Å². The molecule has 0 spiro atoms. The third-order valence-electron chi connectivity index (χ3n) is 1.47. The second-order valence-electron chi connectivity index (χ2n) is 2.90. The van der Waals surface area contributed by atoms with Gasteiger partial charge in [-0.05, 0) is 20.8 Å². The number of carbonyl (C=O) groups is 1. The summed E-state index contributed by atoms with van der Waals surface area (Å²) in [4.78, 5) is 12.8. The summed E-state index contributed by atoms with van der Waals surface area (Å²) in [6.07, 6.45) is 0. The zero-order valence-electron chi connectivity index (χ0n) is 7.19. The van der Waals surface area contributed by atoms with E-state index in [1.165, 1.54) is 11.8 Å². The average Bonchev–Trinajstić information content (AvgIpc) is 1.82. The molecule has 1 amide bonds. The number of nitrogens with zero attached hydrogens (tertiary/aromatic N) is 1. The summed E-state index contributed by atoms with van der Waals surface area (Å²) < 4.78 is -1.31. The Balaban J connectivity index is 4.26. The van der Waals surface area contributed by atoms with Crippen molar-refractivity contribution in [2.45, 2.75) is 31.1 Å². The molecule has 66 valence electrons. The van der Waals surface area contributed by atoms with Gasteiger partial charge in [-0.2, -0.15) is 0 Å². The van der Waals surface area contributed by atoms with Crippen molar-refractivity contribution < 1.29 is 4.79 Å². The lowest BCUT2D eigenvalue weighted by molar-refractivity contribution is -0.131. The molecule has 0 aromatic carbocycles. The molecule has 0 aliphatic carbocycles. The van der Waals surface area contributed by atoms with E-state index in [4.69, 9.17) is 23.2 Å². The Morgan fingerprint density at radius 1 is 1.45 bits per heavy atom. The SMILES string of the molecule is CC(C)N(C)C(=O)C(C)(Cl)Cl. The summed E-state index contributed by atoms with van der Waals surface area (Å²) in [7, 11) is 1.68. The van der Waals surface area contributed by atoms with E-state index >= 15 is 0 Å². The van der Waals surface area contributed by atoms with Gasteiger partial charge >= 0.3 is 0 Å². The molecule has 11 heavy (non-hydrogen) atoms. The first-order valence-electron chi connectivity index (χ1n) is 3.42. The molecule has 0 saturated carbocycles. The Kier molecular flexibility index (Phi) is 3.65. The largest absolute Gasteiger partial charge is 0.341 e. The van der Waals surface area contributed by atoms with Crippen molar-refractivity contribution in [3.8, 4) is 0 Å². The first-order chi connectivity index (χ1) is 4.76. The first kappa shape index (κ1) is 11.1. The van der Waals surface area contributed by atoms with Crippen LogP contribution in [0, 0.1) is 0 Å². The van der Waals surface area contributed by atoms with Gasteiger partial charge in [-0.1, -0.05) is 23.2 Å². The van der Waals surface area contributed by atoms with E-state index in [0.717, 1.165) is 0 Å². The van der Waals surface area contributed by atoms with Crippen molar-refractivity contribution in [3.05, 3.63) is 0 Å². The summed E-state index contributed by atoms with van der Waals surface area (Å²) in [5.74, 6) is -0.268. The summed E-state index contributed by atoms with van der Waals surface area (Å²) in [6.45, 7) is 5.27. The van der Waals surface area contributed by atoms with Gasteiger partial charge in [0, 0.05) is 13.1 Å². The lowest BCUT2D eigenvalue weighted by Crippen LogP contribution is -2.41. The molecule has 0 fully saturated rings. The molecule has 2 nitrogen and oxygen atoms in total. The van der Waals surface area contributed by atoms with E-state index in [0.29, 0.717) is 0 Å². The molecule has 0 aliphatic heterocycles. The minimum absolute atomic E-state index is 0.124. The maximum atomic E-state index is 11.3. The topological polar surface area (TPSA) is 20.3 Å². The molecule has 0 radical (unpaired) electrons. The van der Waals surface area contributed by atoms with E-state index in [9.17, 15) is 4.79 Å². The van der Waals surface area contributed by atoms with E-state index < -0.39 is 4.33 Å². The molecule has 0 N–H and O–H groups in total. The number of amides is 1. The Labute approximate surface area is 77.5 Å². The average molecular weight is 198 g/mol. The first-order valence-corrected chi connectivity index (χ1v) is 4.17. The van der Waals surface area contributed by atoms with Crippen LogP contribution in [0.5, 0.6) is 0 Å². The lowest BCUT2D eigenvalue weighted by Gasteiger charge is -2.26. The highest BCUT2D eigenvalue weighted by Gasteiger charge is 2.31. The van der Waals surface area contributed by atoms with E-state index in [1.54, 1.807) is 7.05 Å². The number of alkyl halides is 2. The predicted molar refractivity (Wildman–Crippen MR) is 48.0 cm³/mol. The monoisotopic (exact) mass is 197 g/mol. The van der Waals surface area contributed by atoms with Gasteiger partial charge in [-0.3, -0.25) is 4.79 Å². The van der Waals surface area contributed by atoms with Crippen LogP contribution in [-0.2, 0) is 4.79 Å². The highest BCUT2D eigenvalue weighted by atomic mass is 35.5. The van der Waals surface area contributed by atoms with Crippen molar-refractivity contribution in [1.82, 2.24) is 4.90 Å². The molecule has 0 bridgehead atoms. The molecule has 0 atom stereocenters. The minimum atomic E-state index is -1.31. The maximum Gasteiger partial charge on any atom is 0.258 e. The van der Waals surface area contributed by atoms with Gasteiger partial charge in [0.1, 0.15) is 0 Å². The lowest BCUT2D eigenvalue weighted by atomic mass is 10.3. The van der Waals surface area contributed by atoms with Crippen molar-refractivity contribution in [2.75, 3.05) is 7.05 Å². The van der Waals surface area contributed by atoms with Gasteiger partial charge in [0.05, 0.1) is 0 Å². The molecule has 0 rings (SSSR count). The van der Waals surface area contributed by atoms with Crippen molar-refractivity contribution >= 4 is 29.1 Å². The van der Waals surface area contributed by atoms with Crippen LogP contribution in [0.15, 0.2) is 0 Å². The van der Waals surface area contributed by atoms with Crippen LogP contribution in [-0.4, -0.2) is 28.2 Å². The van der Waals surface area contributed by atoms with E-state index in [1.807, 2.05) is 13.8 Å². The zero-order chi connectivity index (χ0) is 9.23. The summed E-state index contributed by atoms with van der Waals surface area (Å²) in [5, 5.41) is 0. The van der Waals surface area contributed by atoms with Crippen LogP contribution < -0.4 is 0 Å². The van der Waals surface area contributed by atoms with Crippen LogP contribution >= 0.6 is 23.2 Å². The normalized spacial score (nSPS) is 11.9. The fourth-order valence-electron chi connectivity index (χ4n) is 0.544. The molecule has 0 heterocycles. The van der Waals surface area contributed by atoms with Crippen LogP contribution in [0.1, 0.15) is 20.8 Å². The number of rotatable bonds is 2. The summed E-state index contributed by atoms with van der Waals surface area (Å²) in [5.41, 5.74) is 0. The van der Waals surface area contributed by atoms with Gasteiger partial charge in [0.25, 0.3) is 5.91 Å². The summed E-state index contributed by atoms with van der Waals surface area (Å²) >= 11 is 11.2. The van der Waals surface area contributed by atoms with Gasteiger partial charge in [-0.25, -0.2) is 0 Å². The Hall–Kier alpha value is 0.0500. The fraction of sp³-hybridized carbons (Fsp3) is 0.857. The van der Waals surface area contributed by atoms with E-state index in [2.05, 4.69) is 0 Å². The zero-order valence-corrected chi connectivity index (χ0v) is 8.70. The van der Waals surface area contributed by atoms with Crippen LogP contribution in [0.4, 0.5) is 0 Å². The molecule has 0 saturated heterocycles. The quantitative estimate of drug-likeness (QED) is 0.622. The van der Waals surface area contributed by atoms with Gasteiger partial charge in [0.2, 0.25) is 0 Å². The molecule has 4 heteroatoms. The summed E-state index contributed by atoms with van der Waals surface area (Å²) in [6, 6.07) is 0.124. The minimum Gasteiger partial charge on any atom is -0.341 e. The highest BCUT2D eigenvalue weighted by Crippen LogP contribution is 2.22. The van der Waals surface area contributed by atoms with Crippen LogP contribution in [0.25, 0.3) is 0 Å². The number of carbonyl (C=O) groups excluding carboxylic acids is 1. The van der Waals surface area contributed by atoms with E-state index in [-0.39, 0.29) is 11.9 Å². The van der Waals surface area contributed by atoms with Crippen molar-refractivity contribution in [3.63, 3.8) is 0 Å². The van der Waals surface area contributed by atoms with Gasteiger partial charge < -0.3 is 4.90 Å². The number of halogens is 2. The van der Waals surface area contributed by atoms with Crippen molar-refractivity contribution in [1.29, 1.82) is 0 Å². The third kappa shape index (κ3) is 3.30. The molecule has 0 aromatic rings. The molecule has 0 aromatic heterocycles. The smallest absolute Gasteiger partial charge is 0.258 e. The maximum absolute atomic E-state index is 11.3. The second kappa shape index (κ2) is 3.63. The fourth-order valence-corrected chi connectivity index (χ4v) is 0.811. The molecule has 0 aliphatic rings. The molecular weight excluding hydrogens is 185 g/mol. The van der Waals surface area contributed by atoms with Crippen LogP contribution in [0.3, 0.4) is 0 Å².